The molecule has 0 aliphatic rings. The van der Waals surface area contributed by atoms with E-state index in [1.165, 1.54) is 23.1 Å². The van der Waals surface area contributed by atoms with Crippen molar-refractivity contribution >= 4 is 56.1 Å². The Morgan fingerprint density at radius 2 is 1.92 bits per heavy atom. The molecule has 2 N–H and O–H groups in total. The van der Waals surface area contributed by atoms with E-state index in [1.54, 1.807) is 19.1 Å². The first kappa shape index (κ1) is 17.3. The molecule has 0 unspecified atom stereocenters. The third-order valence-corrected chi connectivity index (χ3v) is 4.99. The highest BCUT2D eigenvalue weighted by molar-refractivity contribution is 7.99. The van der Waals surface area contributed by atoms with Gasteiger partial charge in [0.05, 0.1) is 16.0 Å². The molecule has 9 heteroatoms. The second-order valence-corrected chi connectivity index (χ2v) is 7.01. The zero-order valence-corrected chi connectivity index (χ0v) is 15.0. The molecule has 0 spiro atoms. The molecule has 0 atom stereocenters. The monoisotopic (exact) mass is 373 g/mol. The molecule has 25 heavy (non-hydrogen) atoms. The summed E-state index contributed by atoms with van der Waals surface area (Å²) in [5.74, 6) is 0.319. The maximum absolute atomic E-state index is 12.0. The molecule has 128 valence electrons. The lowest BCUT2D eigenvalue weighted by atomic mass is 10.3. The number of benzene rings is 1. The number of carbonyl (C=O) groups excluding carboxylic acids is 2. The summed E-state index contributed by atoms with van der Waals surface area (Å²) in [6.45, 7) is 1.76. The Morgan fingerprint density at radius 3 is 2.64 bits per heavy atom. The SMILES string of the molecule is CCC(=O)Nc1ccc(SCC(=O)Nc2nc3ccccc3s2)nn1. The number of carbonyl (C=O) groups is 2. The Kier molecular flexibility index (Phi) is 5.56. The largest absolute Gasteiger partial charge is 0.309 e. The Balaban J connectivity index is 1.52. The molecule has 0 fully saturated rings. The predicted octanol–water partition coefficient (Wildman–Crippen LogP) is 3.17. The number of thiazole rings is 1. The van der Waals surface area contributed by atoms with E-state index in [1.807, 2.05) is 24.3 Å². The zero-order valence-electron chi connectivity index (χ0n) is 13.4. The van der Waals surface area contributed by atoms with Crippen LogP contribution in [0.4, 0.5) is 10.9 Å². The second-order valence-electron chi connectivity index (χ2n) is 4.98. The molecule has 2 aromatic heterocycles. The maximum Gasteiger partial charge on any atom is 0.236 e. The van der Waals surface area contributed by atoms with Crippen LogP contribution >= 0.6 is 23.1 Å². The lowest BCUT2D eigenvalue weighted by Gasteiger charge is -2.03. The van der Waals surface area contributed by atoms with Gasteiger partial charge in [0.1, 0.15) is 5.03 Å². The minimum absolute atomic E-state index is 0.120. The number of nitrogens with one attached hydrogen (secondary N) is 2. The summed E-state index contributed by atoms with van der Waals surface area (Å²) in [4.78, 5) is 27.7. The average molecular weight is 373 g/mol. The van der Waals surface area contributed by atoms with Crippen LogP contribution in [-0.2, 0) is 9.59 Å². The van der Waals surface area contributed by atoms with Crippen LogP contribution in [0.25, 0.3) is 10.2 Å². The highest BCUT2D eigenvalue weighted by Gasteiger charge is 2.09. The summed E-state index contributed by atoms with van der Waals surface area (Å²) < 4.78 is 1.03. The number of amides is 2. The van der Waals surface area contributed by atoms with Gasteiger partial charge in [-0.2, -0.15) is 0 Å². The fraction of sp³-hybridized carbons (Fsp3) is 0.188. The molecule has 2 heterocycles. The summed E-state index contributed by atoms with van der Waals surface area (Å²) in [7, 11) is 0. The molecule has 0 aliphatic carbocycles. The van der Waals surface area contributed by atoms with Crippen molar-refractivity contribution in [2.24, 2.45) is 0 Å². The molecule has 0 radical (unpaired) electrons. The average Bonchev–Trinajstić information content (AvgIpc) is 3.03. The van der Waals surface area contributed by atoms with E-state index >= 15 is 0 Å². The predicted molar refractivity (Wildman–Crippen MR) is 99.9 cm³/mol. The van der Waals surface area contributed by atoms with Gasteiger partial charge in [-0.25, -0.2) is 4.98 Å². The summed E-state index contributed by atoms with van der Waals surface area (Å²) in [6, 6.07) is 11.1. The van der Waals surface area contributed by atoms with Crippen molar-refractivity contribution in [3.63, 3.8) is 0 Å². The number of hydrogen-bond acceptors (Lipinski definition) is 7. The molecule has 0 bridgehead atoms. The summed E-state index contributed by atoms with van der Waals surface area (Å²) >= 11 is 2.70. The molecule has 2 amide bonds. The fourth-order valence-electron chi connectivity index (χ4n) is 1.92. The first-order chi connectivity index (χ1) is 12.1. The van der Waals surface area contributed by atoms with Crippen LogP contribution in [-0.4, -0.2) is 32.7 Å². The highest BCUT2D eigenvalue weighted by Crippen LogP contribution is 2.25. The number of rotatable bonds is 6. The number of fused-ring (bicyclic) bond motifs is 1. The Morgan fingerprint density at radius 1 is 1.08 bits per heavy atom. The minimum Gasteiger partial charge on any atom is -0.309 e. The lowest BCUT2D eigenvalue weighted by Crippen LogP contribution is -2.14. The van der Waals surface area contributed by atoms with E-state index in [0.29, 0.717) is 22.4 Å². The van der Waals surface area contributed by atoms with Crippen molar-refractivity contribution in [3.8, 4) is 0 Å². The van der Waals surface area contributed by atoms with Gasteiger partial charge in [0.25, 0.3) is 0 Å². The molecule has 0 saturated heterocycles. The van der Waals surface area contributed by atoms with Gasteiger partial charge in [-0.05, 0) is 24.3 Å². The molecular formula is C16H15N5O2S2. The number of aromatic nitrogens is 3. The maximum atomic E-state index is 12.0. The van der Waals surface area contributed by atoms with Gasteiger partial charge in [-0.3, -0.25) is 9.59 Å². The normalized spacial score (nSPS) is 10.6. The molecule has 3 aromatic rings. The molecule has 0 saturated carbocycles. The van der Waals surface area contributed by atoms with Crippen LogP contribution < -0.4 is 10.6 Å². The Labute approximate surface area is 152 Å². The topological polar surface area (TPSA) is 96.9 Å². The summed E-state index contributed by atoms with van der Waals surface area (Å²) in [6.07, 6.45) is 0.379. The van der Waals surface area contributed by atoms with Gasteiger partial charge in [0, 0.05) is 6.42 Å². The third-order valence-electron chi connectivity index (χ3n) is 3.12. The lowest BCUT2D eigenvalue weighted by molar-refractivity contribution is -0.116. The molecule has 7 nitrogen and oxygen atoms in total. The molecular weight excluding hydrogens is 358 g/mol. The van der Waals surface area contributed by atoms with E-state index in [-0.39, 0.29) is 17.6 Å². The molecule has 0 aliphatic heterocycles. The zero-order chi connectivity index (χ0) is 17.6. The smallest absolute Gasteiger partial charge is 0.236 e. The third kappa shape index (κ3) is 4.74. The van der Waals surface area contributed by atoms with E-state index in [0.717, 1.165) is 10.2 Å². The number of para-hydroxylation sites is 1. The van der Waals surface area contributed by atoms with Crippen molar-refractivity contribution in [2.75, 3.05) is 16.4 Å². The molecule has 3 rings (SSSR count). The van der Waals surface area contributed by atoms with Crippen LogP contribution in [0.1, 0.15) is 13.3 Å². The van der Waals surface area contributed by atoms with Gasteiger partial charge >= 0.3 is 0 Å². The summed E-state index contributed by atoms with van der Waals surface area (Å²) in [5, 5.41) is 14.5. The fourth-order valence-corrected chi connectivity index (χ4v) is 3.41. The first-order valence-electron chi connectivity index (χ1n) is 7.56. The standard InChI is InChI=1S/C16H15N5O2S2/c1-2-13(22)18-12-7-8-15(21-20-12)24-9-14(23)19-16-17-10-5-3-4-6-11(10)25-16/h3-8H,2,9H2,1H3,(H,17,19,23)(H,18,20,22). The van der Waals surface area contributed by atoms with Gasteiger partial charge in [0.15, 0.2) is 10.9 Å². The van der Waals surface area contributed by atoms with Crippen molar-refractivity contribution < 1.29 is 9.59 Å². The van der Waals surface area contributed by atoms with Crippen LogP contribution in [0.15, 0.2) is 41.4 Å². The second kappa shape index (κ2) is 8.04. The Bertz CT molecular complexity index is 862. The summed E-state index contributed by atoms with van der Waals surface area (Å²) in [5.41, 5.74) is 0.867. The Hall–Kier alpha value is -2.52. The number of hydrogen-bond donors (Lipinski definition) is 2. The highest BCUT2D eigenvalue weighted by atomic mass is 32.2. The van der Waals surface area contributed by atoms with Crippen LogP contribution in [0.5, 0.6) is 0 Å². The minimum atomic E-state index is -0.158. The number of nitrogens with zero attached hydrogens (tertiary/aromatic N) is 3. The van der Waals surface area contributed by atoms with Crippen LogP contribution in [0.3, 0.4) is 0 Å². The first-order valence-corrected chi connectivity index (χ1v) is 9.36. The van der Waals surface area contributed by atoms with Gasteiger partial charge in [0.2, 0.25) is 11.8 Å². The molecule has 1 aromatic carbocycles. The van der Waals surface area contributed by atoms with E-state index < -0.39 is 0 Å². The number of thioether (sulfide) groups is 1. The van der Waals surface area contributed by atoms with E-state index in [9.17, 15) is 9.59 Å². The van der Waals surface area contributed by atoms with E-state index in [2.05, 4.69) is 25.8 Å². The quantitative estimate of drug-likeness (QED) is 0.644. The van der Waals surface area contributed by atoms with Crippen molar-refractivity contribution in [1.29, 1.82) is 0 Å². The van der Waals surface area contributed by atoms with Crippen molar-refractivity contribution in [2.45, 2.75) is 18.4 Å². The van der Waals surface area contributed by atoms with Gasteiger partial charge in [-0.1, -0.05) is 42.2 Å². The van der Waals surface area contributed by atoms with Crippen LogP contribution in [0.2, 0.25) is 0 Å². The van der Waals surface area contributed by atoms with Crippen molar-refractivity contribution in [1.82, 2.24) is 15.2 Å². The van der Waals surface area contributed by atoms with Crippen LogP contribution in [0, 0.1) is 0 Å². The van der Waals surface area contributed by atoms with Gasteiger partial charge in [-0.15, -0.1) is 10.2 Å². The van der Waals surface area contributed by atoms with E-state index in [4.69, 9.17) is 0 Å². The number of anilines is 2. The van der Waals surface area contributed by atoms with Crippen molar-refractivity contribution in [3.05, 3.63) is 36.4 Å². The van der Waals surface area contributed by atoms with Gasteiger partial charge < -0.3 is 10.6 Å².